The molecule has 0 radical (unpaired) electrons. The number of carbonyl (C=O) groups is 2. The minimum absolute atomic E-state index is 0.0323. The fourth-order valence-corrected chi connectivity index (χ4v) is 3.96. The van der Waals surface area contributed by atoms with E-state index < -0.39 is 5.97 Å². The summed E-state index contributed by atoms with van der Waals surface area (Å²) in [5.41, 5.74) is 5.02. The average molecular weight is 380 g/mol. The molecule has 0 fully saturated rings. The van der Waals surface area contributed by atoms with Gasteiger partial charge in [-0.25, -0.2) is 4.79 Å². The second-order valence-electron chi connectivity index (χ2n) is 9.08. The highest BCUT2D eigenvalue weighted by molar-refractivity contribution is 5.91. The minimum Gasteiger partial charge on any atom is -0.478 e. The highest BCUT2D eigenvalue weighted by Crippen LogP contribution is 2.46. The minimum atomic E-state index is -0.942. The van der Waals surface area contributed by atoms with E-state index in [0.29, 0.717) is 12.8 Å². The van der Waals surface area contributed by atoms with Gasteiger partial charge in [0.2, 0.25) is 5.91 Å². The summed E-state index contributed by atoms with van der Waals surface area (Å²) in [5.74, 6) is -0.974. The SMILES string of the molecule is CC1(C)CCC(C)(C)c2cc(NC(=O)CCc3ccc(C(=O)O)cc3)ccc21. The summed E-state index contributed by atoms with van der Waals surface area (Å²) in [7, 11) is 0. The van der Waals surface area contributed by atoms with Gasteiger partial charge in [-0.1, -0.05) is 45.9 Å². The molecule has 0 saturated carbocycles. The number of rotatable bonds is 5. The summed E-state index contributed by atoms with van der Waals surface area (Å²) < 4.78 is 0. The molecule has 2 aromatic rings. The first-order chi connectivity index (χ1) is 13.1. The zero-order chi connectivity index (χ0) is 20.5. The normalized spacial score (nSPS) is 16.9. The lowest BCUT2D eigenvalue weighted by Gasteiger charge is -2.42. The molecule has 4 nitrogen and oxygen atoms in total. The molecule has 1 aliphatic rings. The van der Waals surface area contributed by atoms with Crippen LogP contribution in [-0.4, -0.2) is 17.0 Å². The van der Waals surface area contributed by atoms with Crippen LogP contribution in [0.3, 0.4) is 0 Å². The first-order valence-corrected chi connectivity index (χ1v) is 9.86. The highest BCUT2D eigenvalue weighted by Gasteiger charge is 2.36. The van der Waals surface area contributed by atoms with Crippen LogP contribution >= 0.6 is 0 Å². The van der Waals surface area contributed by atoms with E-state index in [1.807, 2.05) is 6.07 Å². The van der Waals surface area contributed by atoms with Crippen molar-refractivity contribution in [2.45, 2.75) is 64.2 Å². The lowest BCUT2D eigenvalue weighted by Crippen LogP contribution is -2.33. The third-order valence-corrected chi connectivity index (χ3v) is 5.98. The molecule has 1 aliphatic carbocycles. The largest absolute Gasteiger partial charge is 0.478 e. The second-order valence-corrected chi connectivity index (χ2v) is 9.08. The Hall–Kier alpha value is -2.62. The molecule has 0 aromatic heterocycles. The van der Waals surface area contributed by atoms with Gasteiger partial charge in [0.25, 0.3) is 0 Å². The zero-order valence-corrected chi connectivity index (χ0v) is 17.1. The molecular formula is C24H29NO3. The molecule has 2 N–H and O–H groups in total. The number of nitrogens with one attached hydrogen (secondary N) is 1. The van der Waals surface area contributed by atoms with Crippen LogP contribution in [0, 0.1) is 0 Å². The van der Waals surface area contributed by atoms with E-state index in [9.17, 15) is 9.59 Å². The molecule has 0 saturated heterocycles. The fraction of sp³-hybridized carbons (Fsp3) is 0.417. The smallest absolute Gasteiger partial charge is 0.335 e. The Kier molecular flexibility index (Phi) is 5.33. The Morgan fingerprint density at radius 3 is 2.14 bits per heavy atom. The van der Waals surface area contributed by atoms with Gasteiger partial charge in [-0.3, -0.25) is 4.79 Å². The number of aromatic carboxylic acids is 1. The number of anilines is 1. The van der Waals surface area contributed by atoms with Gasteiger partial charge >= 0.3 is 5.97 Å². The van der Waals surface area contributed by atoms with Crippen LogP contribution in [0.4, 0.5) is 5.69 Å². The summed E-state index contributed by atoms with van der Waals surface area (Å²) in [6.07, 6.45) is 3.24. The number of aryl methyl sites for hydroxylation is 1. The van der Waals surface area contributed by atoms with Crippen molar-refractivity contribution in [3.8, 4) is 0 Å². The van der Waals surface area contributed by atoms with E-state index >= 15 is 0 Å². The van der Waals surface area contributed by atoms with E-state index in [1.165, 1.54) is 17.5 Å². The first-order valence-electron chi connectivity index (χ1n) is 9.86. The van der Waals surface area contributed by atoms with Crippen LogP contribution in [0.15, 0.2) is 42.5 Å². The topological polar surface area (TPSA) is 66.4 Å². The molecule has 0 heterocycles. The predicted molar refractivity (Wildman–Crippen MR) is 112 cm³/mol. The summed E-state index contributed by atoms with van der Waals surface area (Å²) >= 11 is 0. The van der Waals surface area contributed by atoms with Gasteiger partial charge in [0, 0.05) is 12.1 Å². The first kappa shape index (κ1) is 20.1. The van der Waals surface area contributed by atoms with Crippen molar-refractivity contribution >= 4 is 17.6 Å². The molecule has 2 aromatic carbocycles. The van der Waals surface area contributed by atoms with Gasteiger partial charge in [0.05, 0.1) is 5.56 Å². The predicted octanol–water partition coefficient (Wildman–Crippen LogP) is 5.31. The maximum atomic E-state index is 12.4. The van der Waals surface area contributed by atoms with Crippen LogP contribution in [0.5, 0.6) is 0 Å². The number of fused-ring (bicyclic) bond motifs is 1. The van der Waals surface area contributed by atoms with Crippen LogP contribution in [-0.2, 0) is 22.0 Å². The fourth-order valence-electron chi connectivity index (χ4n) is 3.96. The van der Waals surface area contributed by atoms with E-state index in [4.69, 9.17) is 5.11 Å². The van der Waals surface area contributed by atoms with Gasteiger partial charge in [-0.05, 0) is 71.0 Å². The van der Waals surface area contributed by atoms with Crippen molar-refractivity contribution < 1.29 is 14.7 Å². The standard InChI is InChI=1S/C24H29NO3/c1-23(2)13-14-24(3,4)20-15-18(10-11-19(20)23)25-21(26)12-7-16-5-8-17(9-6-16)22(27)28/h5-6,8-11,15H,7,12-14H2,1-4H3,(H,25,26)(H,27,28). The number of amides is 1. The quantitative estimate of drug-likeness (QED) is 0.740. The van der Waals surface area contributed by atoms with Crippen LogP contribution in [0.1, 0.15) is 74.0 Å². The van der Waals surface area contributed by atoms with Gasteiger partial charge in [0.1, 0.15) is 0 Å². The summed E-state index contributed by atoms with van der Waals surface area (Å²) in [5, 5.41) is 12.0. The molecule has 28 heavy (non-hydrogen) atoms. The third kappa shape index (κ3) is 4.27. The summed E-state index contributed by atoms with van der Waals surface area (Å²) in [6, 6.07) is 13.0. The molecular weight excluding hydrogens is 350 g/mol. The van der Waals surface area contributed by atoms with Gasteiger partial charge in [0.15, 0.2) is 0 Å². The Morgan fingerprint density at radius 2 is 1.54 bits per heavy atom. The molecule has 0 aliphatic heterocycles. The van der Waals surface area contributed by atoms with Crippen molar-refractivity contribution in [1.82, 2.24) is 0 Å². The van der Waals surface area contributed by atoms with Crippen molar-refractivity contribution in [3.63, 3.8) is 0 Å². The van der Waals surface area contributed by atoms with Gasteiger partial charge < -0.3 is 10.4 Å². The second kappa shape index (κ2) is 7.42. The molecule has 1 amide bonds. The molecule has 0 atom stereocenters. The van der Waals surface area contributed by atoms with Crippen molar-refractivity contribution in [1.29, 1.82) is 0 Å². The monoisotopic (exact) mass is 379 g/mol. The van der Waals surface area contributed by atoms with Crippen LogP contribution < -0.4 is 5.32 Å². The van der Waals surface area contributed by atoms with Crippen molar-refractivity contribution in [2.75, 3.05) is 5.32 Å². The lowest BCUT2D eigenvalue weighted by molar-refractivity contribution is -0.116. The average Bonchev–Trinajstić information content (AvgIpc) is 2.64. The lowest BCUT2D eigenvalue weighted by atomic mass is 9.63. The van der Waals surface area contributed by atoms with E-state index in [-0.39, 0.29) is 22.3 Å². The number of benzene rings is 2. The molecule has 0 unspecified atom stereocenters. The maximum absolute atomic E-state index is 12.4. The molecule has 148 valence electrons. The van der Waals surface area contributed by atoms with Crippen LogP contribution in [0.25, 0.3) is 0 Å². The summed E-state index contributed by atoms with van der Waals surface area (Å²) in [4.78, 5) is 23.3. The van der Waals surface area contributed by atoms with E-state index in [0.717, 1.165) is 17.7 Å². The zero-order valence-electron chi connectivity index (χ0n) is 17.1. The molecule has 3 rings (SSSR count). The van der Waals surface area contributed by atoms with Gasteiger partial charge in [-0.15, -0.1) is 0 Å². The number of carboxylic acids is 1. The Balaban J connectivity index is 1.67. The number of carboxylic acid groups (broad SMARTS) is 1. The van der Waals surface area contributed by atoms with Crippen molar-refractivity contribution in [2.24, 2.45) is 0 Å². The van der Waals surface area contributed by atoms with E-state index in [1.54, 1.807) is 24.3 Å². The number of hydrogen-bond acceptors (Lipinski definition) is 2. The summed E-state index contributed by atoms with van der Waals surface area (Å²) in [6.45, 7) is 9.12. The molecule has 0 spiro atoms. The van der Waals surface area contributed by atoms with E-state index in [2.05, 4.69) is 45.1 Å². The highest BCUT2D eigenvalue weighted by atomic mass is 16.4. The van der Waals surface area contributed by atoms with Crippen LogP contribution in [0.2, 0.25) is 0 Å². The number of hydrogen-bond donors (Lipinski definition) is 2. The molecule has 0 bridgehead atoms. The number of carbonyl (C=O) groups excluding carboxylic acids is 1. The Morgan fingerprint density at radius 1 is 0.929 bits per heavy atom. The van der Waals surface area contributed by atoms with Crippen molar-refractivity contribution in [3.05, 3.63) is 64.7 Å². The maximum Gasteiger partial charge on any atom is 0.335 e. The Labute approximate surface area is 167 Å². The Bertz CT molecular complexity index is 895. The molecule has 4 heteroatoms. The third-order valence-electron chi connectivity index (χ3n) is 5.98. The van der Waals surface area contributed by atoms with Gasteiger partial charge in [-0.2, -0.15) is 0 Å².